The van der Waals surface area contributed by atoms with Crippen molar-refractivity contribution in [3.63, 3.8) is 0 Å². The smallest absolute Gasteiger partial charge is 0.351 e. The maximum atomic E-state index is 13.7. The lowest BCUT2D eigenvalue weighted by Crippen LogP contribution is -2.57. The maximum absolute atomic E-state index is 13.7. The molecular formula is C26H28ClF7N4O2. The van der Waals surface area contributed by atoms with Gasteiger partial charge in [0.2, 0.25) is 0 Å². The second kappa shape index (κ2) is 12.5. The Morgan fingerprint density at radius 1 is 1.07 bits per heavy atom. The fraction of sp³-hybridized carbons (Fsp3) is 0.462. The van der Waals surface area contributed by atoms with Crippen molar-refractivity contribution in [3.05, 3.63) is 70.0 Å². The van der Waals surface area contributed by atoms with Gasteiger partial charge in [-0.15, -0.1) is 11.6 Å². The Kier molecular flexibility index (Phi) is 9.81. The molecule has 6 nitrogen and oxygen atoms in total. The molecular weight excluding hydrogens is 569 g/mol. The molecule has 0 bridgehead atoms. The van der Waals surface area contributed by atoms with E-state index in [9.17, 15) is 40.3 Å². The van der Waals surface area contributed by atoms with Crippen LogP contribution >= 0.6 is 11.6 Å². The molecule has 1 saturated heterocycles. The van der Waals surface area contributed by atoms with Crippen LogP contribution in [0.3, 0.4) is 0 Å². The summed E-state index contributed by atoms with van der Waals surface area (Å²) < 4.78 is 94.3. The van der Waals surface area contributed by atoms with Crippen molar-refractivity contribution in [1.29, 1.82) is 0 Å². The standard InChI is InChI=1S/C26H28ClF7N4O2/c1-15-10-19(28)5-6-20(15)21-4-2-3-8-37(21)24(40)36-22(38(9-7-27)23(35)39)13-16-11-17(25(29,30)31)14-18(12-16)26(32,33)34/h5-6,10-12,14,21-22H,2-4,7-9,13H2,1H3,(H2,35,39)(H,36,40)/t21-,22-/m1/s1. The normalized spacial score (nSPS) is 16.9. The molecule has 0 aliphatic carbocycles. The summed E-state index contributed by atoms with van der Waals surface area (Å²) in [4.78, 5) is 28.1. The van der Waals surface area contributed by atoms with E-state index >= 15 is 0 Å². The number of alkyl halides is 7. The number of hydrogen-bond donors (Lipinski definition) is 2. The van der Waals surface area contributed by atoms with Gasteiger partial charge in [0.15, 0.2) is 0 Å². The van der Waals surface area contributed by atoms with Crippen molar-refractivity contribution in [3.8, 4) is 0 Å². The van der Waals surface area contributed by atoms with Crippen molar-refractivity contribution in [2.24, 2.45) is 5.73 Å². The number of carbonyl (C=O) groups is 2. The van der Waals surface area contributed by atoms with E-state index in [0.29, 0.717) is 36.1 Å². The predicted molar refractivity (Wildman–Crippen MR) is 134 cm³/mol. The molecule has 1 aliphatic heterocycles. The molecule has 3 N–H and O–H groups in total. The lowest BCUT2D eigenvalue weighted by molar-refractivity contribution is -0.143. The fourth-order valence-corrected chi connectivity index (χ4v) is 5.03. The highest BCUT2D eigenvalue weighted by molar-refractivity contribution is 6.18. The van der Waals surface area contributed by atoms with Crippen molar-refractivity contribution >= 4 is 23.7 Å². The Balaban J connectivity index is 1.99. The average molecular weight is 597 g/mol. The van der Waals surface area contributed by atoms with Crippen molar-refractivity contribution in [2.45, 2.75) is 57.2 Å². The highest BCUT2D eigenvalue weighted by Gasteiger charge is 2.38. The summed E-state index contributed by atoms with van der Waals surface area (Å²) in [7, 11) is 0. The van der Waals surface area contributed by atoms with Crippen LogP contribution in [0, 0.1) is 12.7 Å². The largest absolute Gasteiger partial charge is 0.416 e. The first-order chi connectivity index (χ1) is 18.6. The molecule has 2 aromatic rings. The van der Waals surface area contributed by atoms with Gasteiger partial charge in [-0.1, -0.05) is 6.07 Å². The Hall–Kier alpha value is -3.22. The number of nitrogens with two attached hydrogens (primary N) is 1. The maximum Gasteiger partial charge on any atom is 0.416 e. The van der Waals surface area contributed by atoms with Crippen LogP contribution in [0.15, 0.2) is 36.4 Å². The van der Waals surface area contributed by atoms with E-state index in [2.05, 4.69) is 5.32 Å². The van der Waals surface area contributed by atoms with Crippen LogP contribution in [0.2, 0.25) is 0 Å². The fourth-order valence-electron chi connectivity index (χ4n) is 4.85. The zero-order valence-electron chi connectivity index (χ0n) is 21.4. The minimum atomic E-state index is -5.08. The molecule has 0 saturated carbocycles. The molecule has 1 heterocycles. The van der Waals surface area contributed by atoms with Gasteiger partial charge in [-0.2, -0.15) is 26.3 Å². The minimum Gasteiger partial charge on any atom is -0.351 e. The van der Waals surface area contributed by atoms with Gasteiger partial charge in [-0.25, -0.2) is 14.0 Å². The van der Waals surface area contributed by atoms with E-state index in [1.807, 2.05) is 0 Å². The highest BCUT2D eigenvalue weighted by atomic mass is 35.5. The van der Waals surface area contributed by atoms with E-state index < -0.39 is 65.6 Å². The number of urea groups is 2. The Labute approximate surface area is 231 Å². The summed E-state index contributed by atoms with van der Waals surface area (Å²) in [6, 6.07) is 2.91. The number of aryl methyl sites for hydroxylation is 1. The Morgan fingerprint density at radius 3 is 2.23 bits per heavy atom. The van der Waals surface area contributed by atoms with Gasteiger partial charge in [0, 0.05) is 25.4 Å². The number of halogens is 8. The third kappa shape index (κ3) is 7.70. The lowest BCUT2D eigenvalue weighted by atomic mass is 9.92. The van der Waals surface area contributed by atoms with Gasteiger partial charge >= 0.3 is 24.4 Å². The third-order valence-electron chi connectivity index (χ3n) is 6.71. The van der Waals surface area contributed by atoms with Crippen LogP contribution in [0.1, 0.15) is 53.1 Å². The number of nitrogens with zero attached hydrogens (tertiary/aromatic N) is 2. The summed E-state index contributed by atoms with van der Waals surface area (Å²) in [6.45, 7) is 1.72. The molecule has 3 rings (SSSR count). The van der Waals surface area contributed by atoms with Crippen LogP contribution in [-0.4, -0.2) is 47.0 Å². The van der Waals surface area contributed by atoms with Gasteiger partial charge in [-0.3, -0.25) is 0 Å². The molecule has 2 atom stereocenters. The number of likely N-dealkylation sites (tertiary alicyclic amines) is 1. The number of amides is 4. The van der Waals surface area contributed by atoms with Crippen LogP contribution < -0.4 is 11.1 Å². The molecule has 1 fully saturated rings. The number of primary amides is 1. The second-order valence-electron chi connectivity index (χ2n) is 9.51. The lowest BCUT2D eigenvalue weighted by Gasteiger charge is -2.39. The quantitative estimate of drug-likeness (QED) is 0.215. The summed E-state index contributed by atoms with van der Waals surface area (Å²) in [5, 5.41) is 2.57. The van der Waals surface area contributed by atoms with E-state index in [-0.39, 0.29) is 25.0 Å². The van der Waals surface area contributed by atoms with Crippen molar-refractivity contribution in [1.82, 2.24) is 15.1 Å². The molecule has 0 radical (unpaired) electrons. The first-order valence-electron chi connectivity index (χ1n) is 12.4. The van der Waals surface area contributed by atoms with Gasteiger partial charge in [0.1, 0.15) is 12.0 Å². The number of carbonyl (C=O) groups excluding carboxylic acids is 2. The van der Waals surface area contributed by atoms with E-state index in [4.69, 9.17) is 17.3 Å². The van der Waals surface area contributed by atoms with Crippen molar-refractivity contribution in [2.75, 3.05) is 19.0 Å². The van der Waals surface area contributed by atoms with Gasteiger partial charge < -0.3 is 20.9 Å². The van der Waals surface area contributed by atoms with Gasteiger partial charge in [0.25, 0.3) is 0 Å². The van der Waals surface area contributed by atoms with Crippen LogP contribution in [0.5, 0.6) is 0 Å². The highest BCUT2D eigenvalue weighted by Crippen LogP contribution is 2.37. The van der Waals surface area contributed by atoms with Crippen molar-refractivity contribution < 1.29 is 40.3 Å². The monoisotopic (exact) mass is 596 g/mol. The number of hydrogen-bond acceptors (Lipinski definition) is 2. The summed E-state index contributed by atoms with van der Waals surface area (Å²) in [5.74, 6) is -0.627. The minimum absolute atomic E-state index is 0.00887. The number of benzene rings is 2. The summed E-state index contributed by atoms with van der Waals surface area (Å²) in [6.07, 6.45) is -10.3. The summed E-state index contributed by atoms with van der Waals surface area (Å²) >= 11 is 5.78. The second-order valence-corrected chi connectivity index (χ2v) is 9.89. The van der Waals surface area contributed by atoms with Crippen LogP contribution in [0.25, 0.3) is 0 Å². The number of piperidine rings is 1. The number of rotatable bonds is 7. The first kappa shape index (κ1) is 31.3. The van der Waals surface area contributed by atoms with E-state index in [1.54, 1.807) is 13.0 Å². The van der Waals surface area contributed by atoms with Gasteiger partial charge in [-0.05, 0) is 73.2 Å². The molecule has 220 valence electrons. The van der Waals surface area contributed by atoms with E-state index in [1.165, 1.54) is 17.0 Å². The zero-order valence-corrected chi connectivity index (χ0v) is 22.1. The number of nitrogens with one attached hydrogen (secondary N) is 1. The zero-order chi connectivity index (χ0) is 29.8. The van der Waals surface area contributed by atoms with Crippen LogP contribution in [0.4, 0.5) is 40.3 Å². The molecule has 1 aliphatic rings. The molecule has 0 aromatic heterocycles. The average Bonchev–Trinajstić information content (AvgIpc) is 2.85. The molecule has 4 amide bonds. The Morgan fingerprint density at radius 2 is 1.70 bits per heavy atom. The third-order valence-corrected chi connectivity index (χ3v) is 6.87. The first-order valence-corrected chi connectivity index (χ1v) is 12.9. The van der Waals surface area contributed by atoms with Gasteiger partial charge in [0.05, 0.1) is 17.2 Å². The van der Waals surface area contributed by atoms with E-state index in [0.717, 1.165) is 11.3 Å². The molecule has 2 aromatic carbocycles. The molecule has 14 heteroatoms. The van der Waals surface area contributed by atoms with Crippen LogP contribution in [-0.2, 0) is 18.8 Å². The predicted octanol–water partition coefficient (Wildman–Crippen LogP) is 6.60. The topological polar surface area (TPSA) is 78.7 Å². The Bertz CT molecular complexity index is 1190. The summed E-state index contributed by atoms with van der Waals surface area (Å²) in [5.41, 5.74) is 3.24. The molecule has 40 heavy (non-hydrogen) atoms. The molecule has 0 unspecified atom stereocenters. The molecule has 0 spiro atoms. The SMILES string of the molecule is Cc1cc(F)ccc1[C@H]1CCCCN1C(=O)N[C@@H](Cc1cc(C(F)(F)F)cc(C(F)(F)F)c1)N(CCCl)C(N)=O.